The summed E-state index contributed by atoms with van der Waals surface area (Å²) in [5.74, 6) is -0.451. The number of carbonyl (C=O) groups is 2. The number of nitrogens with zero attached hydrogens (tertiary/aromatic N) is 5. The summed E-state index contributed by atoms with van der Waals surface area (Å²) in [6.45, 7) is 13.0. The molecule has 1 amide bonds. The van der Waals surface area contributed by atoms with Crippen molar-refractivity contribution in [2.75, 3.05) is 32.0 Å². The first kappa shape index (κ1) is 40.4. The van der Waals surface area contributed by atoms with Crippen LogP contribution in [0.1, 0.15) is 86.5 Å². The van der Waals surface area contributed by atoms with E-state index in [4.69, 9.17) is 42.5 Å². The van der Waals surface area contributed by atoms with E-state index in [2.05, 4.69) is 11.5 Å². The minimum atomic E-state index is -1.02. The molecular weight excluding hydrogens is 765 g/mol. The molecule has 0 saturated heterocycles. The van der Waals surface area contributed by atoms with E-state index in [1.165, 1.54) is 0 Å². The van der Waals surface area contributed by atoms with Crippen molar-refractivity contribution in [2.24, 2.45) is 14.1 Å². The second-order valence-corrected chi connectivity index (χ2v) is 15.9. The second kappa shape index (κ2) is 15.9. The van der Waals surface area contributed by atoms with Crippen molar-refractivity contribution in [3.63, 3.8) is 0 Å². The van der Waals surface area contributed by atoms with Crippen LogP contribution in [0, 0.1) is 27.7 Å². The summed E-state index contributed by atoms with van der Waals surface area (Å²) in [6.07, 6.45) is 1.68. The maximum absolute atomic E-state index is 15.4. The fourth-order valence-electron chi connectivity index (χ4n) is 8.80. The Kier molecular flexibility index (Phi) is 11.2. The third-order valence-electron chi connectivity index (χ3n) is 11.3. The highest BCUT2D eigenvalue weighted by Crippen LogP contribution is 2.46. The van der Waals surface area contributed by atoms with Gasteiger partial charge in [0, 0.05) is 72.1 Å². The molecule has 0 bridgehead atoms. The van der Waals surface area contributed by atoms with Crippen LogP contribution < -0.4 is 9.64 Å². The molecule has 57 heavy (non-hydrogen) atoms. The van der Waals surface area contributed by atoms with Crippen molar-refractivity contribution in [1.82, 2.24) is 18.9 Å². The van der Waals surface area contributed by atoms with Crippen LogP contribution in [0.4, 0.5) is 5.69 Å². The zero-order valence-electron chi connectivity index (χ0n) is 34.0. The Balaban J connectivity index is 1.42. The standard InChI is InChI=1S/C44H49Cl2N5O6/c1-10-34-37(44(53)54)32-18-28(21-56-22-55-9)19-35(40(32)48(34)7)50-20-25(4)51-41-31(13-14-33(45)38(41)36-26(5)47-49(8)27(36)6)30(42(51)43(50)52)12-11-15-57-29-16-23(2)39(46)24(3)17-29/h13-14,16-19,25H,10-12,15,20-22H2,1-9H3,(H,53,54)/t25-/m1/s1. The zero-order chi connectivity index (χ0) is 41.0. The topological polar surface area (TPSA) is 113 Å². The van der Waals surface area contributed by atoms with Crippen molar-refractivity contribution < 1.29 is 28.9 Å². The maximum Gasteiger partial charge on any atom is 0.338 e. The lowest BCUT2D eigenvalue weighted by Crippen LogP contribution is -2.43. The minimum absolute atomic E-state index is 0.0685. The third-order valence-corrected chi connectivity index (χ3v) is 12.2. The molecule has 1 N–H and O–H groups in total. The quantitative estimate of drug-likeness (QED) is 0.0913. The Morgan fingerprint density at radius 3 is 2.35 bits per heavy atom. The average Bonchev–Trinajstić information content (AvgIpc) is 3.75. The zero-order valence-corrected chi connectivity index (χ0v) is 35.5. The van der Waals surface area contributed by atoms with Crippen molar-refractivity contribution in [3.05, 3.63) is 97.0 Å². The molecule has 0 radical (unpaired) electrons. The number of hydrogen-bond acceptors (Lipinski definition) is 6. The monoisotopic (exact) mass is 813 g/mol. The van der Waals surface area contributed by atoms with Gasteiger partial charge in [0.05, 0.1) is 46.2 Å². The summed E-state index contributed by atoms with van der Waals surface area (Å²) < 4.78 is 23.1. The van der Waals surface area contributed by atoms with E-state index in [1.54, 1.807) is 7.11 Å². The van der Waals surface area contributed by atoms with Gasteiger partial charge in [0.15, 0.2) is 0 Å². The molecule has 6 aromatic rings. The molecule has 1 aliphatic heterocycles. The highest BCUT2D eigenvalue weighted by Gasteiger charge is 2.38. The number of benzene rings is 3. The van der Waals surface area contributed by atoms with Crippen LogP contribution in [-0.2, 0) is 43.0 Å². The first-order valence-electron chi connectivity index (χ1n) is 19.2. The van der Waals surface area contributed by atoms with E-state index < -0.39 is 5.97 Å². The van der Waals surface area contributed by atoms with E-state index in [-0.39, 0.29) is 30.9 Å². The van der Waals surface area contributed by atoms with Gasteiger partial charge < -0.3 is 33.4 Å². The summed E-state index contributed by atoms with van der Waals surface area (Å²) in [6, 6.07) is 11.4. The number of carboxylic acid groups (broad SMARTS) is 1. The molecule has 3 aromatic heterocycles. The van der Waals surface area contributed by atoms with Gasteiger partial charge in [-0.1, -0.05) is 36.2 Å². The Hall–Kier alpha value is -4.81. The molecule has 0 fully saturated rings. The van der Waals surface area contributed by atoms with Gasteiger partial charge in [-0.2, -0.15) is 5.10 Å². The number of hydrogen-bond donors (Lipinski definition) is 1. The minimum Gasteiger partial charge on any atom is -0.494 e. The summed E-state index contributed by atoms with van der Waals surface area (Å²) in [4.78, 5) is 30.1. The number of ether oxygens (including phenoxy) is 3. The van der Waals surface area contributed by atoms with E-state index in [0.717, 1.165) is 66.4 Å². The smallest absolute Gasteiger partial charge is 0.338 e. The predicted molar refractivity (Wildman–Crippen MR) is 226 cm³/mol. The Morgan fingerprint density at radius 1 is 1.00 bits per heavy atom. The van der Waals surface area contributed by atoms with E-state index in [1.807, 2.05) is 99.3 Å². The Bertz CT molecular complexity index is 2560. The predicted octanol–water partition coefficient (Wildman–Crippen LogP) is 9.69. The molecule has 13 heteroatoms. The Morgan fingerprint density at radius 2 is 1.72 bits per heavy atom. The van der Waals surface area contributed by atoms with Gasteiger partial charge >= 0.3 is 5.97 Å². The number of fused-ring (bicyclic) bond motifs is 4. The summed E-state index contributed by atoms with van der Waals surface area (Å²) >= 11 is 13.6. The molecule has 0 unspecified atom stereocenters. The molecule has 0 spiro atoms. The largest absolute Gasteiger partial charge is 0.494 e. The SMILES string of the molecule is CCc1c(C(=O)O)c2cc(COCOC)cc(N3C[C@@H](C)n4c(c(CCCOc5cc(C)c(Cl)c(C)c5)c5ccc(Cl)c(-c6c(C)nn(C)c6C)c54)C3=O)c2n1C. The van der Waals surface area contributed by atoms with Gasteiger partial charge in [0.25, 0.3) is 5.91 Å². The highest BCUT2D eigenvalue weighted by molar-refractivity contribution is 6.35. The van der Waals surface area contributed by atoms with Crippen LogP contribution in [0.15, 0.2) is 36.4 Å². The fourth-order valence-corrected chi connectivity index (χ4v) is 9.16. The summed E-state index contributed by atoms with van der Waals surface area (Å²) in [5, 5.41) is 18.0. The summed E-state index contributed by atoms with van der Waals surface area (Å²) in [5.41, 5.74) is 10.8. The normalized spacial score (nSPS) is 14.3. The molecule has 300 valence electrons. The molecule has 11 nitrogen and oxygen atoms in total. The maximum atomic E-state index is 15.4. The molecule has 0 saturated carbocycles. The average molecular weight is 815 g/mol. The fraction of sp³-hybridized carbons (Fsp3) is 0.386. The molecule has 0 aliphatic carbocycles. The highest BCUT2D eigenvalue weighted by atomic mass is 35.5. The van der Waals surface area contributed by atoms with Gasteiger partial charge in [-0.05, 0) is 106 Å². The lowest BCUT2D eigenvalue weighted by atomic mass is 9.98. The molecule has 1 atom stereocenters. The number of amides is 1. The van der Waals surface area contributed by atoms with Crippen LogP contribution in [0.2, 0.25) is 10.0 Å². The van der Waals surface area contributed by atoms with Crippen molar-refractivity contribution in [2.45, 2.75) is 73.5 Å². The number of aromatic carboxylic acids is 1. The first-order valence-corrected chi connectivity index (χ1v) is 20.0. The number of methoxy groups -OCH3 is 1. The molecule has 3 aromatic carbocycles. The summed E-state index contributed by atoms with van der Waals surface area (Å²) in [7, 11) is 5.34. The first-order chi connectivity index (χ1) is 27.2. The van der Waals surface area contributed by atoms with Crippen LogP contribution in [0.3, 0.4) is 0 Å². The van der Waals surface area contributed by atoms with Gasteiger partial charge in [0.1, 0.15) is 18.2 Å². The lowest BCUT2D eigenvalue weighted by Gasteiger charge is -2.35. The number of aromatic nitrogens is 4. The van der Waals surface area contributed by atoms with Crippen LogP contribution in [0.5, 0.6) is 5.75 Å². The number of anilines is 1. The van der Waals surface area contributed by atoms with Crippen molar-refractivity contribution >= 4 is 62.6 Å². The van der Waals surface area contributed by atoms with E-state index in [0.29, 0.717) is 65.4 Å². The van der Waals surface area contributed by atoms with Gasteiger partial charge in [-0.3, -0.25) is 9.48 Å². The molecule has 4 heterocycles. The lowest BCUT2D eigenvalue weighted by molar-refractivity contribution is -0.0390. The number of halogens is 2. The second-order valence-electron chi connectivity index (χ2n) is 15.1. The van der Waals surface area contributed by atoms with Gasteiger partial charge in [-0.25, -0.2) is 4.79 Å². The van der Waals surface area contributed by atoms with Crippen LogP contribution in [0.25, 0.3) is 32.9 Å². The molecular formula is C44H49Cl2N5O6. The third kappa shape index (κ3) is 6.88. The number of rotatable bonds is 13. The van der Waals surface area contributed by atoms with E-state index in [9.17, 15) is 9.90 Å². The number of carbonyl (C=O) groups excluding carboxylic acids is 1. The number of aryl methyl sites for hydroxylation is 6. The number of carboxylic acids is 1. The van der Waals surface area contributed by atoms with Gasteiger partial charge in [0.2, 0.25) is 0 Å². The van der Waals surface area contributed by atoms with Crippen LogP contribution in [-0.4, -0.2) is 63.0 Å². The molecule has 7 rings (SSSR count). The Labute approximate surface area is 342 Å². The van der Waals surface area contributed by atoms with Crippen molar-refractivity contribution in [1.29, 1.82) is 0 Å². The van der Waals surface area contributed by atoms with Crippen molar-refractivity contribution in [3.8, 4) is 16.9 Å². The molecule has 1 aliphatic rings. The van der Waals surface area contributed by atoms with Gasteiger partial charge in [-0.15, -0.1) is 0 Å². The van der Waals surface area contributed by atoms with Crippen LogP contribution >= 0.6 is 23.2 Å². The van der Waals surface area contributed by atoms with E-state index >= 15 is 4.79 Å².